The van der Waals surface area contributed by atoms with E-state index in [2.05, 4.69) is 18.8 Å². The molecule has 0 saturated heterocycles. The van der Waals surface area contributed by atoms with Crippen LogP contribution in [0.5, 0.6) is 5.88 Å². The molecule has 0 aromatic carbocycles. The highest BCUT2D eigenvalue weighted by Gasteiger charge is 2.19. The Bertz CT molecular complexity index is 339. The number of methoxy groups -OCH3 is 1. The zero-order valence-corrected chi connectivity index (χ0v) is 10.1. The van der Waals surface area contributed by atoms with Gasteiger partial charge < -0.3 is 10.5 Å². The molecule has 0 amide bonds. The van der Waals surface area contributed by atoms with Crippen molar-refractivity contribution < 1.29 is 4.74 Å². The van der Waals surface area contributed by atoms with E-state index in [-0.39, 0.29) is 5.41 Å². The molecule has 0 radical (unpaired) electrons. The Kier molecular flexibility index (Phi) is 3.94. The second-order valence-corrected chi connectivity index (χ2v) is 4.73. The van der Waals surface area contributed by atoms with E-state index < -0.39 is 0 Å². The summed E-state index contributed by atoms with van der Waals surface area (Å²) in [6.07, 6.45) is 0.830. The summed E-state index contributed by atoms with van der Waals surface area (Å²) >= 11 is 5.78. The van der Waals surface area contributed by atoms with Crippen molar-refractivity contribution in [1.29, 1.82) is 0 Å². The standard InChI is InChI=1S/C11H17ClN2O/c1-11(2,7-13)6-8-4-5-9(12)14-10(8)15-3/h4-5H,6-7,13H2,1-3H3. The van der Waals surface area contributed by atoms with Gasteiger partial charge in [0.2, 0.25) is 5.88 Å². The van der Waals surface area contributed by atoms with Crippen LogP contribution in [0, 0.1) is 5.41 Å². The summed E-state index contributed by atoms with van der Waals surface area (Å²) in [5.74, 6) is 0.587. The molecular formula is C11H17ClN2O. The molecule has 0 aliphatic carbocycles. The summed E-state index contributed by atoms with van der Waals surface area (Å²) in [5.41, 5.74) is 6.77. The Morgan fingerprint density at radius 2 is 2.13 bits per heavy atom. The number of rotatable bonds is 4. The zero-order valence-electron chi connectivity index (χ0n) is 9.38. The first-order valence-electron chi connectivity index (χ1n) is 4.88. The average molecular weight is 229 g/mol. The lowest BCUT2D eigenvalue weighted by Crippen LogP contribution is -2.26. The molecule has 0 saturated carbocycles. The maximum Gasteiger partial charge on any atom is 0.217 e. The molecule has 15 heavy (non-hydrogen) atoms. The molecule has 0 aliphatic rings. The van der Waals surface area contributed by atoms with Crippen LogP contribution in [0.4, 0.5) is 0 Å². The molecule has 0 unspecified atom stereocenters. The highest BCUT2D eigenvalue weighted by atomic mass is 35.5. The van der Waals surface area contributed by atoms with Gasteiger partial charge in [0.05, 0.1) is 7.11 Å². The summed E-state index contributed by atoms with van der Waals surface area (Å²) in [7, 11) is 1.59. The van der Waals surface area contributed by atoms with Crippen LogP contribution in [0.15, 0.2) is 12.1 Å². The van der Waals surface area contributed by atoms with Crippen molar-refractivity contribution in [2.75, 3.05) is 13.7 Å². The molecule has 1 rings (SSSR count). The van der Waals surface area contributed by atoms with Crippen molar-refractivity contribution >= 4 is 11.6 Å². The third-order valence-corrected chi connectivity index (χ3v) is 2.53. The summed E-state index contributed by atoms with van der Waals surface area (Å²) in [6.45, 7) is 4.85. The predicted octanol–water partition coefficient (Wildman–Crippen LogP) is 2.27. The first-order valence-corrected chi connectivity index (χ1v) is 5.26. The van der Waals surface area contributed by atoms with E-state index in [1.165, 1.54) is 0 Å². The van der Waals surface area contributed by atoms with Crippen molar-refractivity contribution in [3.63, 3.8) is 0 Å². The van der Waals surface area contributed by atoms with Gasteiger partial charge >= 0.3 is 0 Å². The van der Waals surface area contributed by atoms with Gasteiger partial charge in [-0.2, -0.15) is 0 Å². The minimum Gasteiger partial charge on any atom is -0.481 e. The van der Waals surface area contributed by atoms with Crippen molar-refractivity contribution in [3.05, 3.63) is 22.8 Å². The first kappa shape index (κ1) is 12.3. The molecule has 0 aliphatic heterocycles. The van der Waals surface area contributed by atoms with Crippen molar-refractivity contribution in [3.8, 4) is 5.88 Å². The van der Waals surface area contributed by atoms with E-state index >= 15 is 0 Å². The lowest BCUT2D eigenvalue weighted by atomic mass is 9.86. The highest BCUT2D eigenvalue weighted by Crippen LogP contribution is 2.26. The largest absolute Gasteiger partial charge is 0.481 e. The summed E-state index contributed by atoms with van der Waals surface area (Å²) in [6, 6.07) is 3.71. The molecule has 1 aromatic heterocycles. The maximum absolute atomic E-state index is 5.78. The van der Waals surface area contributed by atoms with Gasteiger partial charge in [-0.3, -0.25) is 0 Å². The van der Waals surface area contributed by atoms with Crippen LogP contribution in [-0.2, 0) is 6.42 Å². The summed E-state index contributed by atoms with van der Waals surface area (Å²) in [5, 5.41) is 0.446. The van der Waals surface area contributed by atoms with E-state index in [0.717, 1.165) is 12.0 Å². The smallest absolute Gasteiger partial charge is 0.217 e. The number of nitrogens with zero attached hydrogens (tertiary/aromatic N) is 1. The van der Waals surface area contributed by atoms with Crippen LogP contribution in [-0.4, -0.2) is 18.6 Å². The van der Waals surface area contributed by atoms with Crippen molar-refractivity contribution in [1.82, 2.24) is 4.98 Å². The normalized spacial score (nSPS) is 11.5. The second kappa shape index (κ2) is 4.81. The molecule has 4 heteroatoms. The van der Waals surface area contributed by atoms with E-state index in [0.29, 0.717) is 17.6 Å². The molecule has 0 spiro atoms. The van der Waals surface area contributed by atoms with Crippen LogP contribution in [0.25, 0.3) is 0 Å². The lowest BCUT2D eigenvalue weighted by Gasteiger charge is -2.22. The first-order chi connectivity index (χ1) is 6.98. The lowest BCUT2D eigenvalue weighted by molar-refractivity contribution is 0.352. The topological polar surface area (TPSA) is 48.1 Å². The Balaban J connectivity index is 2.94. The van der Waals surface area contributed by atoms with Crippen LogP contribution in [0.3, 0.4) is 0 Å². The second-order valence-electron chi connectivity index (χ2n) is 4.35. The SMILES string of the molecule is COc1nc(Cl)ccc1CC(C)(C)CN. The fourth-order valence-corrected chi connectivity index (χ4v) is 1.49. The van der Waals surface area contributed by atoms with Crippen LogP contribution in [0.1, 0.15) is 19.4 Å². The van der Waals surface area contributed by atoms with Gasteiger partial charge in [0.1, 0.15) is 5.15 Å². The van der Waals surface area contributed by atoms with Gasteiger partial charge in [-0.1, -0.05) is 31.5 Å². The molecule has 1 aromatic rings. The fourth-order valence-electron chi connectivity index (χ4n) is 1.35. The van der Waals surface area contributed by atoms with E-state index in [4.69, 9.17) is 22.1 Å². The number of hydrogen-bond acceptors (Lipinski definition) is 3. The van der Waals surface area contributed by atoms with Gasteiger partial charge in [0, 0.05) is 5.56 Å². The Morgan fingerprint density at radius 1 is 1.47 bits per heavy atom. The Hall–Kier alpha value is -0.800. The maximum atomic E-state index is 5.78. The number of pyridine rings is 1. The summed E-state index contributed by atoms with van der Waals surface area (Å²) in [4.78, 5) is 4.11. The Morgan fingerprint density at radius 3 is 2.67 bits per heavy atom. The van der Waals surface area contributed by atoms with Gasteiger partial charge in [0.15, 0.2) is 0 Å². The van der Waals surface area contributed by atoms with Crippen LogP contribution in [0.2, 0.25) is 5.15 Å². The molecule has 1 heterocycles. The third-order valence-electron chi connectivity index (χ3n) is 2.32. The number of halogens is 1. The third kappa shape index (κ3) is 3.36. The fraction of sp³-hybridized carbons (Fsp3) is 0.545. The minimum atomic E-state index is 0.0444. The van der Waals surface area contributed by atoms with E-state index in [1.54, 1.807) is 13.2 Å². The number of aromatic nitrogens is 1. The molecule has 3 nitrogen and oxygen atoms in total. The molecular weight excluding hydrogens is 212 g/mol. The molecule has 0 fully saturated rings. The number of nitrogens with two attached hydrogens (primary N) is 1. The van der Waals surface area contributed by atoms with Gasteiger partial charge in [-0.15, -0.1) is 0 Å². The quantitative estimate of drug-likeness (QED) is 0.805. The molecule has 0 bridgehead atoms. The van der Waals surface area contributed by atoms with Crippen LogP contribution < -0.4 is 10.5 Å². The highest BCUT2D eigenvalue weighted by molar-refractivity contribution is 6.29. The predicted molar refractivity (Wildman–Crippen MR) is 62.3 cm³/mol. The average Bonchev–Trinajstić information content (AvgIpc) is 2.20. The van der Waals surface area contributed by atoms with Crippen LogP contribution >= 0.6 is 11.6 Å². The van der Waals surface area contributed by atoms with Gasteiger partial charge in [-0.25, -0.2) is 4.98 Å². The van der Waals surface area contributed by atoms with Crippen molar-refractivity contribution in [2.24, 2.45) is 11.1 Å². The molecule has 2 N–H and O–H groups in total. The van der Waals surface area contributed by atoms with Gasteiger partial charge in [0.25, 0.3) is 0 Å². The number of ether oxygens (including phenoxy) is 1. The zero-order chi connectivity index (χ0) is 11.5. The Labute approximate surface area is 95.6 Å². The minimum absolute atomic E-state index is 0.0444. The summed E-state index contributed by atoms with van der Waals surface area (Å²) < 4.78 is 5.18. The molecule has 0 atom stereocenters. The monoisotopic (exact) mass is 228 g/mol. The molecule has 84 valence electrons. The van der Waals surface area contributed by atoms with E-state index in [9.17, 15) is 0 Å². The van der Waals surface area contributed by atoms with E-state index in [1.807, 2.05) is 6.07 Å². The number of hydrogen-bond donors (Lipinski definition) is 1. The van der Waals surface area contributed by atoms with Crippen molar-refractivity contribution in [2.45, 2.75) is 20.3 Å². The van der Waals surface area contributed by atoms with Gasteiger partial charge in [-0.05, 0) is 24.4 Å².